The van der Waals surface area contributed by atoms with Crippen molar-refractivity contribution in [2.24, 2.45) is 5.41 Å². The molecule has 11 heteroatoms. The molecule has 0 saturated carbocycles. The molecule has 46 heavy (non-hydrogen) atoms. The number of aromatic nitrogens is 1. The van der Waals surface area contributed by atoms with Gasteiger partial charge in [0.1, 0.15) is 17.2 Å². The summed E-state index contributed by atoms with van der Waals surface area (Å²) < 4.78 is 5.37. The van der Waals surface area contributed by atoms with E-state index in [4.69, 9.17) is 4.74 Å². The fourth-order valence-corrected chi connectivity index (χ4v) is 5.84. The number of rotatable bonds is 10. The third-order valence-corrected chi connectivity index (χ3v) is 8.31. The number of para-hydroxylation sites is 1. The third-order valence-electron chi connectivity index (χ3n) is 8.31. The number of hydrazine groups is 1. The van der Waals surface area contributed by atoms with Crippen LogP contribution in [0.3, 0.4) is 0 Å². The largest absolute Gasteiger partial charge is 0.444 e. The SMILES string of the molecule is CN(C)NC(=O)C1(Cc2ccccc2)CCN(C(=O)[C@@H](Cc2c[nH]c3ccccc23)NC(=O)C(C)(C)NC(=O)OC(C)(C)C)CC1. The molecule has 0 spiro atoms. The van der Waals surface area contributed by atoms with E-state index in [0.717, 1.165) is 22.0 Å². The van der Waals surface area contributed by atoms with Gasteiger partial charge in [0.15, 0.2) is 0 Å². The van der Waals surface area contributed by atoms with Gasteiger partial charge < -0.3 is 25.3 Å². The Hall–Kier alpha value is -4.38. The highest BCUT2D eigenvalue weighted by atomic mass is 16.6. The summed E-state index contributed by atoms with van der Waals surface area (Å²) in [4.78, 5) is 58.9. The molecule has 0 aliphatic carbocycles. The molecular formula is C35H48N6O5. The third kappa shape index (κ3) is 8.66. The lowest BCUT2D eigenvalue weighted by atomic mass is 9.73. The minimum absolute atomic E-state index is 0.0768. The van der Waals surface area contributed by atoms with Crippen LogP contribution in [0.2, 0.25) is 0 Å². The Bertz CT molecular complexity index is 1530. The van der Waals surface area contributed by atoms with Gasteiger partial charge in [-0.1, -0.05) is 48.5 Å². The van der Waals surface area contributed by atoms with Crippen LogP contribution >= 0.6 is 0 Å². The molecular weight excluding hydrogens is 584 g/mol. The Morgan fingerprint density at radius 2 is 1.59 bits per heavy atom. The Morgan fingerprint density at radius 3 is 2.22 bits per heavy atom. The number of hydrogen-bond donors (Lipinski definition) is 4. The number of H-pyrrole nitrogens is 1. The van der Waals surface area contributed by atoms with Crippen LogP contribution in [0.5, 0.6) is 0 Å². The van der Waals surface area contributed by atoms with E-state index in [0.29, 0.717) is 32.4 Å². The van der Waals surface area contributed by atoms with Gasteiger partial charge in [-0.05, 0) is 71.1 Å². The first-order valence-corrected chi connectivity index (χ1v) is 15.8. The average molecular weight is 633 g/mol. The van der Waals surface area contributed by atoms with Gasteiger partial charge in [0, 0.05) is 50.7 Å². The summed E-state index contributed by atoms with van der Waals surface area (Å²) in [5.41, 5.74) is 3.01. The highest BCUT2D eigenvalue weighted by Gasteiger charge is 2.44. The standard InChI is InChI=1S/C35H48N6O5/c1-33(2,3)46-32(45)38-34(4,5)30(43)37-28(21-25-23-36-27-16-12-11-15-26(25)27)29(42)41-19-17-35(18-20-41,31(44)39-40(6)7)22-24-13-9-8-10-14-24/h8-16,23,28,36H,17-22H2,1-7H3,(H,37,43)(H,38,45)(H,39,44)/t28-/m1/s1. The predicted octanol–water partition coefficient (Wildman–Crippen LogP) is 3.94. The number of benzene rings is 2. The second-order valence-corrected chi connectivity index (χ2v) is 13.9. The van der Waals surface area contributed by atoms with Crippen molar-refractivity contribution >= 4 is 34.7 Å². The van der Waals surface area contributed by atoms with Gasteiger partial charge in [-0.15, -0.1) is 0 Å². The van der Waals surface area contributed by atoms with Gasteiger partial charge in [0.25, 0.3) is 0 Å². The summed E-state index contributed by atoms with van der Waals surface area (Å²) in [6.45, 7) is 9.08. The maximum absolute atomic E-state index is 14.2. The summed E-state index contributed by atoms with van der Waals surface area (Å²) in [6, 6.07) is 16.8. The zero-order valence-corrected chi connectivity index (χ0v) is 28.0. The molecule has 11 nitrogen and oxygen atoms in total. The molecule has 0 unspecified atom stereocenters. The number of aromatic amines is 1. The number of ether oxygens (including phenoxy) is 1. The Labute approximate surface area is 271 Å². The quantitative estimate of drug-likeness (QED) is 0.250. The van der Waals surface area contributed by atoms with E-state index in [2.05, 4.69) is 21.0 Å². The lowest BCUT2D eigenvalue weighted by molar-refractivity contribution is -0.145. The van der Waals surface area contributed by atoms with E-state index in [1.54, 1.807) is 58.6 Å². The summed E-state index contributed by atoms with van der Waals surface area (Å²) >= 11 is 0. The average Bonchev–Trinajstić information content (AvgIpc) is 3.38. The Morgan fingerprint density at radius 1 is 0.957 bits per heavy atom. The second-order valence-electron chi connectivity index (χ2n) is 13.9. The molecule has 1 aliphatic heterocycles. The summed E-state index contributed by atoms with van der Waals surface area (Å²) in [6.07, 6.45) is 2.85. The van der Waals surface area contributed by atoms with Gasteiger partial charge in [0.05, 0.1) is 5.41 Å². The van der Waals surface area contributed by atoms with Gasteiger partial charge in [-0.2, -0.15) is 0 Å². The summed E-state index contributed by atoms with van der Waals surface area (Å²) in [5.74, 6) is -0.836. The summed E-state index contributed by atoms with van der Waals surface area (Å²) in [7, 11) is 3.56. The number of piperidine rings is 1. The van der Waals surface area contributed by atoms with Crippen LogP contribution in [-0.2, 0) is 32.0 Å². The smallest absolute Gasteiger partial charge is 0.408 e. The maximum atomic E-state index is 14.2. The lowest BCUT2D eigenvalue weighted by Crippen LogP contribution is -2.61. The molecule has 1 saturated heterocycles. The number of hydrogen-bond acceptors (Lipinski definition) is 6. The second kappa shape index (κ2) is 13.9. The first-order valence-electron chi connectivity index (χ1n) is 15.8. The molecule has 4 rings (SSSR count). The van der Waals surface area contributed by atoms with E-state index in [-0.39, 0.29) is 18.2 Å². The minimum atomic E-state index is -1.36. The number of amides is 4. The molecule has 3 aromatic rings. The van der Waals surface area contributed by atoms with E-state index < -0.39 is 34.6 Å². The van der Waals surface area contributed by atoms with Crippen LogP contribution in [-0.4, -0.2) is 83.1 Å². The van der Waals surface area contributed by atoms with Gasteiger partial charge in [-0.25, -0.2) is 9.80 Å². The topological polar surface area (TPSA) is 136 Å². The van der Waals surface area contributed by atoms with Crippen LogP contribution in [0.1, 0.15) is 58.6 Å². The molecule has 2 aromatic carbocycles. The first kappa shape index (κ1) is 34.5. The number of alkyl carbamates (subject to hydrolysis) is 1. The zero-order chi connectivity index (χ0) is 33.7. The Balaban J connectivity index is 1.56. The molecule has 1 atom stereocenters. The monoisotopic (exact) mass is 632 g/mol. The molecule has 1 aliphatic rings. The van der Waals surface area contributed by atoms with Crippen molar-refractivity contribution in [3.63, 3.8) is 0 Å². The maximum Gasteiger partial charge on any atom is 0.408 e. The fraction of sp³-hybridized carbons (Fsp3) is 0.486. The molecule has 4 amide bonds. The highest BCUT2D eigenvalue weighted by molar-refractivity contribution is 5.94. The fourth-order valence-electron chi connectivity index (χ4n) is 5.84. The van der Waals surface area contributed by atoms with Crippen molar-refractivity contribution in [1.29, 1.82) is 0 Å². The predicted molar refractivity (Wildman–Crippen MR) is 178 cm³/mol. The van der Waals surface area contributed by atoms with Crippen molar-refractivity contribution in [1.82, 2.24) is 31.0 Å². The van der Waals surface area contributed by atoms with E-state index in [1.807, 2.05) is 60.8 Å². The van der Waals surface area contributed by atoms with Gasteiger partial charge in [0.2, 0.25) is 17.7 Å². The number of fused-ring (bicyclic) bond motifs is 1. The van der Waals surface area contributed by atoms with Gasteiger partial charge in [-0.3, -0.25) is 19.8 Å². The number of carbonyl (C=O) groups excluding carboxylic acids is 4. The van der Waals surface area contributed by atoms with Crippen molar-refractivity contribution in [2.75, 3.05) is 27.2 Å². The molecule has 1 aromatic heterocycles. The number of nitrogens with zero attached hydrogens (tertiary/aromatic N) is 2. The molecule has 0 bridgehead atoms. The number of nitrogens with one attached hydrogen (secondary N) is 4. The molecule has 4 N–H and O–H groups in total. The first-order chi connectivity index (χ1) is 21.6. The van der Waals surface area contributed by atoms with Crippen LogP contribution in [0.15, 0.2) is 60.8 Å². The van der Waals surface area contributed by atoms with Crippen molar-refractivity contribution in [3.8, 4) is 0 Å². The number of carbonyl (C=O) groups is 4. The van der Waals surface area contributed by atoms with Crippen molar-refractivity contribution in [2.45, 2.75) is 77.5 Å². The number of likely N-dealkylation sites (tertiary alicyclic amines) is 1. The van der Waals surface area contributed by atoms with E-state index in [1.165, 1.54) is 0 Å². The van der Waals surface area contributed by atoms with Crippen molar-refractivity contribution in [3.05, 3.63) is 71.9 Å². The highest BCUT2D eigenvalue weighted by Crippen LogP contribution is 2.36. The zero-order valence-electron chi connectivity index (χ0n) is 28.0. The minimum Gasteiger partial charge on any atom is -0.444 e. The van der Waals surface area contributed by atoms with E-state index >= 15 is 0 Å². The molecule has 248 valence electrons. The van der Waals surface area contributed by atoms with Crippen LogP contribution in [0.4, 0.5) is 4.79 Å². The van der Waals surface area contributed by atoms with Crippen molar-refractivity contribution < 1.29 is 23.9 Å². The van der Waals surface area contributed by atoms with Crippen LogP contribution in [0.25, 0.3) is 10.9 Å². The normalized spacial score (nSPS) is 15.7. The molecule has 2 heterocycles. The summed E-state index contributed by atoms with van der Waals surface area (Å²) in [5, 5.41) is 8.17. The Kier molecular flexibility index (Phi) is 10.5. The lowest BCUT2D eigenvalue weighted by Gasteiger charge is -2.42. The molecule has 1 fully saturated rings. The van der Waals surface area contributed by atoms with E-state index in [9.17, 15) is 19.2 Å². The van der Waals surface area contributed by atoms with Gasteiger partial charge >= 0.3 is 6.09 Å². The van der Waals surface area contributed by atoms with Crippen LogP contribution < -0.4 is 16.1 Å². The molecule has 0 radical (unpaired) electrons. The van der Waals surface area contributed by atoms with Crippen LogP contribution in [0, 0.1) is 5.41 Å².